The van der Waals surface area contributed by atoms with E-state index >= 15 is 0 Å². The summed E-state index contributed by atoms with van der Waals surface area (Å²) in [4.78, 5) is 42.0. The Kier molecular flexibility index (Phi) is 6.07. The van der Waals surface area contributed by atoms with E-state index in [2.05, 4.69) is 10.3 Å². The van der Waals surface area contributed by atoms with Crippen molar-refractivity contribution in [2.24, 2.45) is 0 Å². The van der Waals surface area contributed by atoms with Crippen molar-refractivity contribution in [3.8, 4) is 11.5 Å². The zero-order valence-electron chi connectivity index (χ0n) is 17.7. The molecule has 0 unspecified atom stereocenters. The number of nitrogens with zero attached hydrogens (tertiary/aromatic N) is 2. The summed E-state index contributed by atoms with van der Waals surface area (Å²) in [7, 11) is 2.85. The SMILES string of the molecule is COc1cc(NC(=O)c2ccco2)c(C(=O)OCc2cc(=O)n3ccccc3n2)cc1OC. The Morgan fingerprint density at radius 1 is 1.06 bits per heavy atom. The summed E-state index contributed by atoms with van der Waals surface area (Å²) in [6.45, 7) is -0.251. The van der Waals surface area contributed by atoms with Crippen LogP contribution in [0.15, 0.2) is 70.2 Å². The zero-order valence-corrected chi connectivity index (χ0v) is 17.7. The molecule has 1 N–H and O–H groups in total. The number of fused-ring (bicyclic) bond motifs is 1. The van der Waals surface area contributed by atoms with Crippen molar-refractivity contribution in [3.63, 3.8) is 0 Å². The number of esters is 1. The molecule has 10 nitrogen and oxygen atoms in total. The molecule has 0 saturated carbocycles. The molecule has 0 bridgehead atoms. The maximum Gasteiger partial charge on any atom is 0.340 e. The van der Waals surface area contributed by atoms with E-state index in [-0.39, 0.29) is 40.6 Å². The predicted molar refractivity (Wildman–Crippen MR) is 117 cm³/mol. The van der Waals surface area contributed by atoms with E-state index in [4.69, 9.17) is 18.6 Å². The summed E-state index contributed by atoms with van der Waals surface area (Å²) in [5, 5.41) is 2.61. The molecule has 10 heteroatoms. The van der Waals surface area contributed by atoms with Crippen LogP contribution in [0.2, 0.25) is 0 Å². The van der Waals surface area contributed by atoms with Gasteiger partial charge in [0.2, 0.25) is 0 Å². The Labute approximate surface area is 187 Å². The number of hydrogen-bond donors (Lipinski definition) is 1. The van der Waals surface area contributed by atoms with Gasteiger partial charge in [0.15, 0.2) is 17.3 Å². The van der Waals surface area contributed by atoms with Crippen LogP contribution in [-0.4, -0.2) is 35.5 Å². The monoisotopic (exact) mass is 449 g/mol. The molecule has 4 aromatic rings. The molecule has 0 aliphatic rings. The molecule has 4 rings (SSSR count). The Hall–Kier alpha value is -4.60. The molecule has 168 valence electrons. The van der Waals surface area contributed by atoms with Gasteiger partial charge in [-0.2, -0.15) is 0 Å². The number of rotatable bonds is 7. The molecule has 1 amide bonds. The van der Waals surface area contributed by atoms with Gasteiger partial charge in [-0.1, -0.05) is 6.07 Å². The van der Waals surface area contributed by atoms with Crippen molar-refractivity contribution >= 4 is 23.2 Å². The third-order valence-corrected chi connectivity index (χ3v) is 4.71. The zero-order chi connectivity index (χ0) is 23.4. The van der Waals surface area contributed by atoms with Gasteiger partial charge >= 0.3 is 5.97 Å². The predicted octanol–water partition coefficient (Wildman–Crippen LogP) is 2.91. The molecule has 3 aromatic heterocycles. The van der Waals surface area contributed by atoms with E-state index in [1.807, 2.05) is 0 Å². The van der Waals surface area contributed by atoms with Gasteiger partial charge in [-0.25, -0.2) is 9.78 Å². The van der Waals surface area contributed by atoms with Crippen molar-refractivity contribution in [1.29, 1.82) is 0 Å². The Morgan fingerprint density at radius 2 is 1.85 bits per heavy atom. The number of pyridine rings is 1. The van der Waals surface area contributed by atoms with Crippen LogP contribution in [0.25, 0.3) is 5.65 Å². The highest BCUT2D eigenvalue weighted by molar-refractivity contribution is 6.07. The fourth-order valence-electron chi connectivity index (χ4n) is 3.14. The minimum absolute atomic E-state index is 0.0186. The highest BCUT2D eigenvalue weighted by Gasteiger charge is 2.21. The van der Waals surface area contributed by atoms with Crippen LogP contribution in [0.1, 0.15) is 26.6 Å². The normalized spacial score (nSPS) is 10.6. The van der Waals surface area contributed by atoms with Crippen molar-refractivity contribution in [1.82, 2.24) is 9.38 Å². The third kappa shape index (κ3) is 4.54. The van der Waals surface area contributed by atoms with Crippen molar-refractivity contribution in [3.05, 3.63) is 88.4 Å². The van der Waals surface area contributed by atoms with Crippen LogP contribution in [0, 0.1) is 0 Å². The molecule has 0 saturated heterocycles. The van der Waals surface area contributed by atoms with E-state index in [0.717, 1.165) is 0 Å². The summed E-state index contributed by atoms with van der Waals surface area (Å²) in [5.41, 5.74) is 0.551. The lowest BCUT2D eigenvalue weighted by molar-refractivity contribution is 0.0468. The van der Waals surface area contributed by atoms with Gasteiger partial charge in [-0.05, 0) is 24.3 Å². The Morgan fingerprint density at radius 3 is 2.58 bits per heavy atom. The first-order valence-electron chi connectivity index (χ1n) is 9.75. The summed E-state index contributed by atoms with van der Waals surface area (Å²) in [6.07, 6.45) is 2.95. The minimum Gasteiger partial charge on any atom is -0.493 e. The lowest BCUT2D eigenvalue weighted by Crippen LogP contribution is -2.18. The van der Waals surface area contributed by atoms with Gasteiger partial charge in [0.05, 0.1) is 37.4 Å². The molecule has 0 aliphatic heterocycles. The number of anilines is 1. The number of carbonyl (C=O) groups excluding carboxylic acids is 2. The maximum absolute atomic E-state index is 12.9. The molecule has 0 fully saturated rings. The van der Waals surface area contributed by atoms with Crippen LogP contribution in [0.3, 0.4) is 0 Å². The Balaban J connectivity index is 1.61. The van der Waals surface area contributed by atoms with Gasteiger partial charge in [0.25, 0.3) is 11.5 Å². The second kappa shape index (κ2) is 9.27. The minimum atomic E-state index is -0.763. The molecule has 1 aromatic carbocycles. The lowest BCUT2D eigenvalue weighted by atomic mass is 10.1. The van der Waals surface area contributed by atoms with Gasteiger partial charge in [-0.3, -0.25) is 14.0 Å². The van der Waals surface area contributed by atoms with Gasteiger partial charge in [-0.15, -0.1) is 0 Å². The molecule has 33 heavy (non-hydrogen) atoms. The van der Waals surface area contributed by atoms with Gasteiger partial charge < -0.3 is 23.9 Å². The van der Waals surface area contributed by atoms with Crippen molar-refractivity contribution in [2.75, 3.05) is 19.5 Å². The van der Waals surface area contributed by atoms with E-state index in [0.29, 0.717) is 11.4 Å². The average Bonchev–Trinajstić information content (AvgIpc) is 3.37. The van der Waals surface area contributed by atoms with E-state index in [9.17, 15) is 14.4 Å². The molecule has 0 aliphatic carbocycles. The smallest absolute Gasteiger partial charge is 0.340 e. The standard InChI is InChI=1S/C23H19N3O7/c1-30-18-11-15(16(12-19(18)31-2)25-22(28)17-6-5-9-32-17)23(29)33-13-14-10-21(27)26-8-4-3-7-20(26)24-14/h3-12H,13H2,1-2H3,(H,25,28). The van der Waals surface area contributed by atoms with Crippen LogP contribution in [-0.2, 0) is 11.3 Å². The average molecular weight is 449 g/mol. The van der Waals surface area contributed by atoms with Crippen LogP contribution >= 0.6 is 0 Å². The van der Waals surface area contributed by atoms with Crippen molar-refractivity contribution < 1.29 is 28.2 Å². The second-order valence-corrected chi connectivity index (χ2v) is 6.77. The number of amides is 1. The van der Waals surface area contributed by atoms with E-state index < -0.39 is 11.9 Å². The quantitative estimate of drug-likeness (QED) is 0.428. The summed E-state index contributed by atoms with van der Waals surface area (Å²) in [6, 6.07) is 12.3. The molecular formula is C23H19N3O7. The molecule has 0 atom stereocenters. The van der Waals surface area contributed by atoms with E-state index in [1.54, 1.807) is 30.5 Å². The first-order chi connectivity index (χ1) is 16.0. The topological polar surface area (TPSA) is 121 Å². The Bertz CT molecular complexity index is 1380. The fraction of sp³-hybridized carbons (Fsp3) is 0.130. The highest BCUT2D eigenvalue weighted by atomic mass is 16.5. The van der Waals surface area contributed by atoms with Gasteiger partial charge in [0, 0.05) is 24.4 Å². The number of benzene rings is 1. The summed E-state index contributed by atoms with van der Waals surface area (Å²) in [5.74, 6) is -0.702. The number of methoxy groups -OCH3 is 2. The van der Waals surface area contributed by atoms with Crippen LogP contribution < -0.4 is 20.3 Å². The number of nitrogens with one attached hydrogen (secondary N) is 1. The number of hydrogen-bond acceptors (Lipinski definition) is 8. The fourth-order valence-corrected chi connectivity index (χ4v) is 3.14. The molecular weight excluding hydrogens is 430 g/mol. The molecule has 0 radical (unpaired) electrons. The van der Waals surface area contributed by atoms with Gasteiger partial charge in [0.1, 0.15) is 12.3 Å². The second-order valence-electron chi connectivity index (χ2n) is 6.77. The molecule has 0 spiro atoms. The largest absolute Gasteiger partial charge is 0.493 e. The molecule has 3 heterocycles. The number of aromatic nitrogens is 2. The van der Waals surface area contributed by atoms with Crippen molar-refractivity contribution in [2.45, 2.75) is 6.61 Å². The lowest BCUT2D eigenvalue weighted by Gasteiger charge is -2.15. The first kappa shape index (κ1) is 21.6. The van der Waals surface area contributed by atoms with Crippen LogP contribution in [0.5, 0.6) is 11.5 Å². The van der Waals surface area contributed by atoms with E-state index in [1.165, 1.54) is 49.1 Å². The number of ether oxygens (including phenoxy) is 3. The summed E-state index contributed by atoms with van der Waals surface area (Å²) >= 11 is 0. The third-order valence-electron chi connectivity index (χ3n) is 4.71. The maximum atomic E-state index is 12.9. The van der Waals surface area contributed by atoms with Crippen LogP contribution in [0.4, 0.5) is 5.69 Å². The number of carbonyl (C=O) groups is 2. The number of furan rings is 1. The summed E-state index contributed by atoms with van der Waals surface area (Å²) < 4.78 is 22.4. The highest BCUT2D eigenvalue weighted by Crippen LogP contribution is 2.34. The first-order valence-corrected chi connectivity index (χ1v) is 9.75.